The molecule has 3 rings (SSSR count). The summed E-state index contributed by atoms with van der Waals surface area (Å²) in [6.07, 6.45) is 4.62. The smallest absolute Gasteiger partial charge is 0.293 e. The molecule has 5 heteroatoms. The zero-order valence-electron chi connectivity index (χ0n) is 8.59. The van der Waals surface area contributed by atoms with Crippen molar-refractivity contribution in [3.63, 3.8) is 0 Å². The van der Waals surface area contributed by atoms with Gasteiger partial charge in [0, 0.05) is 43.0 Å². The molecule has 2 aliphatic rings. The Balaban J connectivity index is 2.00. The standard InChI is InChI=1S/C10H13N3OS/c1-12-3-2-11-9(10(12)14)13-5-8-4-7(13)6-15-8/h2-3,7-8H,4-6H2,1H3. The molecule has 1 aromatic rings. The third-order valence-electron chi connectivity index (χ3n) is 3.17. The van der Waals surface area contributed by atoms with Gasteiger partial charge in [-0.3, -0.25) is 4.79 Å². The number of thioether (sulfide) groups is 1. The fourth-order valence-corrected chi connectivity index (χ4v) is 3.78. The Bertz CT molecular complexity index is 445. The summed E-state index contributed by atoms with van der Waals surface area (Å²) in [5.74, 6) is 1.78. The van der Waals surface area contributed by atoms with Crippen LogP contribution in [-0.2, 0) is 7.05 Å². The minimum absolute atomic E-state index is 0.0232. The van der Waals surface area contributed by atoms with E-state index in [-0.39, 0.29) is 5.56 Å². The van der Waals surface area contributed by atoms with Crippen LogP contribution in [0.1, 0.15) is 6.42 Å². The molecular weight excluding hydrogens is 210 g/mol. The summed E-state index contributed by atoms with van der Waals surface area (Å²) >= 11 is 2.02. The molecule has 2 saturated heterocycles. The van der Waals surface area contributed by atoms with Gasteiger partial charge in [0.05, 0.1) is 0 Å². The average molecular weight is 223 g/mol. The second-order valence-corrected chi connectivity index (χ2v) is 5.50. The lowest BCUT2D eigenvalue weighted by Gasteiger charge is -2.26. The fourth-order valence-electron chi connectivity index (χ4n) is 2.34. The zero-order valence-corrected chi connectivity index (χ0v) is 9.41. The number of anilines is 1. The third-order valence-corrected chi connectivity index (χ3v) is 4.56. The van der Waals surface area contributed by atoms with Crippen LogP contribution in [0.25, 0.3) is 0 Å². The van der Waals surface area contributed by atoms with Crippen LogP contribution in [0.3, 0.4) is 0 Å². The number of nitrogens with zero attached hydrogens (tertiary/aromatic N) is 3. The van der Waals surface area contributed by atoms with Crippen LogP contribution in [0, 0.1) is 0 Å². The molecule has 0 saturated carbocycles. The Labute approximate surface area is 92.3 Å². The van der Waals surface area contributed by atoms with E-state index in [1.807, 2.05) is 11.8 Å². The molecule has 3 heterocycles. The summed E-state index contributed by atoms with van der Waals surface area (Å²) in [7, 11) is 1.77. The van der Waals surface area contributed by atoms with E-state index in [1.54, 1.807) is 24.0 Å². The Morgan fingerprint density at radius 1 is 1.60 bits per heavy atom. The van der Waals surface area contributed by atoms with Crippen LogP contribution in [0.2, 0.25) is 0 Å². The molecule has 0 aliphatic carbocycles. The highest BCUT2D eigenvalue weighted by molar-refractivity contribution is 8.00. The van der Waals surface area contributed by atoms with Crippen LogP contribution in [-0.4, -0.2) is 33.1 Å². The molecule has 0 radical (unpaired) electrons. The zero-order chi connectivity index (χ0) is 10.4. The van der Waals surface area contributed by atoms with Crippen molar-refractivity contribution in [3.8, 4) is 0 Å². The van der Waals surface area contributed by atoms with Gasteiger partial charge in [0.15, 0.2) is 5.82 Å². The minimum Gasteiger partial charge on any atom is -0.347 e. The first-order chi connectivity index (χ1) is 7.25. The van der Waals surface area contributed by atoms with Crippen LogP contribution >= 0.6 is 11.8 Å². The molecule has 0 N–H and O–H groups in total. The van der Waals surface area contributed by atoms with Crippen molar-refractivity contribution in [2.45, 2.75) is 17.7 Å². The van der Waals surface area contributed by atoms with Crippen LogP contribution in [0.15, 0.2) is 17.2 Å². The fraction of sp³-hybridized carbons (Fsp3) is 0.600. The van der Waals surface area contributed by atoms with Crippen LogP contribution in [0.4, 0.5) is 5.82 Å². The van der Waals surface area contributed by atoms with Gasteiger partial charge < -0.3 is 9.47 Å². The van der Waals surface area contributed by atoms with Gasteiger partial charge in [-0.2, -0.15) is 11.8 Å². The molecule has 80 valence electrons. The lowest BCUT2D eigenvalue weighted by atomic mass is 10.2. The lowest BCUT2D eigenvalue weighted by molar-refractivity contribution is 0.729. The van der Waals surface area contributed by atoms with Crippen molar-refractivity contribution in [2.24, 2.45) is 7.05 Å². The Kier molecular flexibility index (Phi) is 2.02. The monoisotopic (exact) mass is 223 g/mol. The molecule has 2 bridgehead atoms. The third kappa shape index (κ3) is 1.37. The van der Waals surface area contributed by atoms with Gasteiger partial charge in [-0.25, -0.2) is 4.98 Å². The summed E-state index contributed by atoms with van der Waals surface area (Å²) in [6, 6.07) is 0.530. The van der Waals surface area contributed by atoms with Gasteiger partial charge in [-0.15, -0.1) is 0 Å². The first kappa shape index (κ1) is 9.27. The maximum Gasteiger partial charge on any atom is 0.293 e. The van der Waals surface area contributed by atoms with Crippen molar-refractivity contribution < 1.29 is 0 Å². The van der Waals surface area contributed by atoms with Crippen molar-refractivity contribution in [2.75, 3.05) is 17.2 Å². The topological polar surface area (TPSA) is 38.1 Å². The Hall–Kier alpha value is -0.970. The molecule has 1 aromatic heterocycles. The van der Waals surface area contributed by atoms with Gasteiger partial charge in [-0.1, -0.05) is 0 Å². The number of fused-ring (bicyclic) bond motifs is 2. The molecule has 4 nitrogen and oxygen atoms in total. The van der Waals surface area contributed by atoms with E-state index in [0.717, 1.165) is 12.3 Å². The highest BCUT2D eigenvalue weighted by Crippen LogP contribution is 2.38. The number of hydrogen-bond acceptors (Lipinski definition) is 4. The van der Waals surface area contributed by atoms with Gasteiger partial charge in [-0.05, 0) is 6.42 Å². The van der Waals surface area contributed by atoms with Crippen molar-refractivity contribution in [1.29, 1.82) is 0 Å². The normalized spacial score (nSPS) is 28.7. The molecule has 2 atom stereocenters. The highest BCUT2D eigenvalue weighted by Gasteiger charge is 2.40. The molecule has 0 aromatic carbocycles. The number of aryl methyl sites for hydroxylation is 1. The van der Waals surface area contributed by atoms with Gasteiger partial charge in [0.25, 0.3) is 5.56 Å². The quantitative estimate of drug-likeness (QED) is 0.694. The first-order valence-corrected chi connectivity index (χ1v) is 6.20. The molecule has 15 heavy (non-hydrogen) atoms. The average Bonchev–Trinajstić information content (AvgIpc) is 2.83. The van der Waals surface area contributed by atoms with Crippen LogP contribution < -0.4 is 10.5 Å². The van der Waals surface area contributed by atoms with E-state index in [9.17, 15) is 4.79 Å². The van der Waals surface area contributed by atoms with E-state index in [2.05, 4.69) is 9.88 Å². The predicted octanol–water partition coefficient (Wildman–Crippen LogP) is 0.474. The molecule has 2 aliphatic heterocycles. The summed E-state index contributed by atoms with van der Waals surface area (Å²) in [6.45, 7) is 0.988. The maximum absolute atomic E-state index is 11.9. The van der Waals surface area contributed by atoms with Crippen molar-refractivity contribution >= 4 is 17.6 Å². The van der Waals surface area contributed by atoms with Crippen molar-refractivity contribution in [1.82, 2.24) is 9.55 Å². The molecule has 2 fully saturated rings. The van der Waals surface area contributed by atoms with Gasteiger partial charge >= 0.3 is 0 Å². The minimum atomic E-state index is 0.0232. The van der Waals surface area contributed by atoms with Crippen LogP contribution in [0.5, 0.6) is 0 Å². The van der Waals surface area contributed by atoms with E-state index in [0.29, 0.717) is 17.1 Å². The molecule has 0 spiro atoms. The second kappa shape index (κ2) is 3.27. The first-order valence-electron chi connectivity index (χ1n) is 5.15. The predicted molar refractivity (Wildman–Crippen MR) is 61.5 cm³/mol. The van der Waals surface area contributed by atoms with E-state index in [4.69, 9.17) is 0 Å². The number of rotatable bonds is 1. The van der Waals surface area contributed by atoms with Gasteiger partial charge in [0.2, 0.25) is 0 Å². The second-order valence-electron chi connectivity index (χ2n) is 4.16. The molecule has 0 amide bonds. The summed E-state index contributed by atoms with van der Waals surface area (Å²) in [5.41, 5.74) is 0.0232. The number of aromatic nitrogens is 2. The highest BCUT2D eigenvalue weighted by atomic mass is 32.2. The maximum atomic E-state index is 11.9. The van der Waals surface area contributed by atoms with Crippen molar-refractivity contribution in [3.05, 3.63) is 22.7 Å². The molecular formula is C10H13N3OS. The van der Waals surface area contributed by atoms with E-state index >= 15 is 0 Å². The molecule has 2 unspecified atom stereocenters. The Morgan fingerprint density at radius 3 is 3.13 bits per heavy atom. The largest absolute Gasteiger partial charge is 0.347 e. The van der Waals surface area contributed by atoms with E-state index in [1.165, 1.54) is 6.42 Å². The summed E-state index contributed by atoms with van der Waals surface area (Å²) in [4.78, 5) is 18.3. The van der Waals surface area contributed by atoms with Gasteiger partial charge in [0.1, 0.15) is 0 Å². The Morgan fingerprint density at radius 2 is 2.47 bits per heavy atom. The summed E-state index contributed by atoms with van der Waals surface area (Å²) < 4.78 is 1.60. The SMILES string of the molecule is Cn1ccnc(N2CC3CC2CS3)c1=O. The lowest BCUT2D eigenvalue weighted by Crippen LogP contribution is -2.39. The summed E-state index contributed by atoms with van der Waals surface area (Å²) in [5, 5.41) is 0.710. The van der Waals surface area contributed by atoms with E-state index < -0.39 is 0 Å². The number of hydrogen-bond donors (Lipinski definition) is 0.